The van der Waals surface area contributed by atoms with E-state index in [-0.39, 0.29) is 24.3 Å². The molecule has 6 heteroatoms. The van der Waals surface area contributed by atoms with Crippen molar-refractivity contribution in [2.75, 3.05) is 26.1 Å². The first-order valence-corrected chi connectivity index (χ1v) is 8.80. The van der Waals surface area contributed by atoms with E-state index in [1.807, 2.05) is 37.3 Å². The van der Waals surface area contributed by atoms with E-state index in [0.29, 0.717) is 23.7 Å². The fraction of sp³-hybridized carbons (Fsp3) is 0.333. The molecule has 27 heavy (non-hydrogen) atoms. The Bertz CT molecular complexity index is 777. The van der Waals surface area contributed by atoms with Crippen LogP contribution in [0, 0.1) is 0 Å². The molecule has 0 saturated heterocycles. The quantitative estimate of drug-likeness (QED) is 0.770. The molecule has 0 fully saturated rings. The summed E-state index contributed by atoms with van der Waals surface area (Å²) in [5.74, 6) is 0.902. The minimum Gasteiger partial charge on any atom is -0.497 e. The zero-order valence-corrected chi connectivity index (χ0v) is 16.2. The molecule has 2 amide bonds. The predicted octanol–water partition coefficient (Wildman–Crippen LogP) is 3.64. The first-order chi connectivity index (χ1) is 13.0. The third-order valence-electron chi connectivity index (χ3n) is 4.42. The van der Waals surface area contributed by atoms with Crippen LogP contribution in [0.5, 0.6) is 11.5 Å². The van der Waals surface area contributed by atoms with Gasteiger partial charge in [0.2, 0.25) is 11.8 Å². The van der Waals surface area contributed by atoms with Crippen LogP contribution >= 0.6 is 0 Å². The number of amides is 2. The van der Waals surface area contributed by atoms with Gasteiger partial charge in [0.05, 0.1) is 25.9 Å². The minimum atomic E-state index is -0.190. The third-order valence-corrected chi connectivity index (χ3v) is 4.42. The van der Waals surface area contributed by atoms with Gasteiger partial charge in [0.25, 0.3) is 0 Å². The van der Waals surface area contributed by atoms with Crippen molar-refractivity contribution < 1.29 is 19.1 Å². The molecule has 2 aromatic rings. The summed E-state index contributed by atoms with van der Waals surface area (Å²) in [6, 6.07) is 14.8. The standard InChI is InChI=1S/C21H26N2O4/c1-15(17-8-6-5-7-9-17)23(16(2)24)13-12-21(25)22-19-11-10-18(26-3)14-20(19)27-4/h5-11,14-15H,12-13H2,1-4H3,(H,22,25). The Labute approximate surface area is 160 Å². The molecule has 0 aliphatic heterocycles. The van der Waals surface area contributed by atoms with E-state index < -0.39 is 0 Å². The van der Waals surface area contributed by atoms with E-state index in [2.05, 4.69) is 5.32 Å². The number of methoxy groups -OCH3 is 2. The Balaban J connectivity index is 2.01. The topological polar surface area (TPSA) is 67.9 Å². The number of rotatable bonds is 8. The van der Waals surface area contributed by atoms with Crippen molar-refractivity contribution in [2.45, 2.75) is 26.3 Å². The van der Waals surface area contributed by atoms with E-state index >= 15 is 0 Å². The van der Waals surface area contributed by atoms with Crippen molar-refractivity contribution in [1.29, 1.82) is 0 Å². The van der Waals surface area contributed by atoms with Gasteiger partial charge in [0.1, 0.15) is 11.5 Å². The van der Waals surface area contributed by atoms with Crippen molar-refractivity contribution >= 4 is 17.5 Å². The van der Waals surface area contributed by atoms with E-state index in [9.17, 15) is 9.59 Å². The minimum absolute atomic E-state index is 0.0684. The number of hydrogen-bond acceptors (Lipinski definition) is 4. The summed E-state index contributed by atoms with van der Waals surface area (Å²) >= 11 is 0. The Hall–Kier alpha value is -3.02. The number of carbonyl (C=O) groups is 2. The van der Waals surface area contributed by atoms with Crippen LogP contribution in [-0.4, -0.2) is 37.5 Å². The largest absolute Gasteiger partial charge is 0.497 e. The van der Waals surface area contributed by atoms with Gasteiger partial charge in [-0.15, -0.1) is 0 Å². The lowest BCUT2D eigenvalue weighted by molar-refractivity contribution is -0.131. The summed E-state index contributed by atoms with van der Waals surface area (Å²) < 4.78 is 10.4. The molecule has 0 aromatic heterocycles. The van der Waals surface area contributed by atoms with Crippen LogP contribution in [0.15, 0.2) is 48.5 Å². The molecule has 1 N–H and O–H groups in total. The smallest absolute Gasteiger partial charge is 0.226 e. The Kier molecular flexibility index (Phi) is 7.23. The summed E-state index contributed by atoms with van der Waals surface area (Å²) in [7, 11) is 3.10. The Morgan fingerprint density at radius 2 is 1.78 bits per heavy atom. The SMILES string of the molecule is COc1ccc(NC(=O)CCN(C(C)=O)C(C)c2ccccc2)c(OC)c1. The van der Waals surface area contributed by atoms with E-state index in [4.69, 9.17) is 9.47 Å². The van der Waals surface area contributed by atoms with Crippen molar-refractivity contribution in [2.24, 2.45) is 0 Å². The number of benzene rings is 2. The van der Waals surface area contributed by atoms with E-state index in [0.717, 1.165) is 5.56 Å². The maximum atomic E-state index is 12.4. The zero-order valence-electron chi connectivity index (χ0n) is 16.2. The van der Waals surface area contributed by atoms with Gasteiger partial charge in [-0.3, -0.25) is 9.59 Å². The highest BCUT2D eigenvalue weighted by Crippen LogP contribution is 2.29. The fourth-order valence-electron chi connectivity index (χ4n) is 2.87. The van der Waals surface area contributed by atoms with Gasteiger partial charge in [-0.2, -0.15) is 0 Å². The maximum absolute atomic E-state index is 12.4. The van der Waals surface area contributed by atoms with Crippen LogP contribution in [0.1, 0.15) is 31.9 Å². The van der Waals surface area contributed by atoms with Crippen molar-refractivity contribution in [3.05, 3.63) is 54.1 Å². The van der Waals surface area contributed by atoms with Crippen molar-refractivity contribution in [3.8, 4) is 11.5 Å². The van der Waals surface area contributed by atoms with Crippen LogP contribution < -0.4 is 14.8 Å². The molecule has 2 rings (SSSR count). The summed E-state index contributed by atoms with van der Waals surface area (Å²) in [5.41, 5.74) is 1.60. The summed E-state index contributed by atoms with van der Waals surface area (Å²) in [4.78, 5) is 26.1. The van der Waals surface area contributed by atoms with Gasteiger partial charge in [-0.05, 0) is 24.6 Å². The molecular formula is C21H26N2O4. The predicted molar refractivity (Wildman–Crippen MR) is 105 cm³/mol. The third kappa shape index (κ3) is 5.48. The second-order valence-electron chi connectivity index (χ2n) is 6.16. The highest BCUT2D eigenvalue weighted by Gasteiger charge is 2.19. The first kappa shape index (κ1) is 20.3. The number of ether oxygens (including phenoxy) is 2. The second-order valence-corrected chi connectivity index (χ2v) is 6.16. The summed E-state index contributed by atoms with van der Waals surface area (Å²) in [5, 5.41) is 2.83. The van der Waals surface area contributed by atoms with Gasteiger partial charge in [0, 0.05) is 26.0 Å². The highest BCUT2D eigenvalue weighted by atomic mass is 16.5. The molecule has 2 aromatic carbocycles. The molecular weight excluding hydrogens is 344 g/mol. The van der Waals surface area contributed by atoms with Crippen LogP contribution in [-0.2, 0) is 9.59 Å². The lowest BCUT2D eigenvalue weighted by atomic mass is 10.1. The fourth-order valence-corrected chi connectivity index (χ4v) is 2.87. The summed E-state index contributed by atoms with van der Waals surface area (Å²) in [6.45, 7) is 3.81. The molecule has 0 saturated carbocycles. The zero-order chi connectivity index (χ0) is 19.8. The Morgan fingerprint density at radius 1 is 1.07 bits per heavy atom. The molecule has 6 nitrogen and oxygen atoms in total. The number of nitrogens with zero attached hydrogens (tertiary/aromatic N) is 1. The second kappa shape index (κ2) is 9.62. The van der Waals surface area contributed by atoms with Gasteiger partial charge in [-0.25, -0.2) is 0 Å². The number of carbonyl (C=O) groups excluding carboxylic acids is 2. The monoisotopic (exact) mass is 370 g/mol. The van der Waals surface area contributed by atoms with E-state index in [1.165, 1.54) is 14.0 Å². The van der Waals surface area contributed by atoms with Crippen LogP contribution in [0.4, 0.5) is 5.69 Å². The van der Waals surface area contributed by atoms with Gasteiger partial charge >= 0.3 is 0 Å². The normalized spacial score (nSPS) is 11.4. The van der Waals surface area contributed by atoms with Crippen molar-refractivity contribution in [3.63, 3.8) is 0 Å². The molecule has 0 spiro atoms. The number of anilines is 1. The molecule has 1 atom stereocenters. The van der Waals surface area contributed by atoms with Crippen LogP contribution in [0.25, 0.3) is 0 Å². The molecule has 0 aliphatic rings. The highest BCUT2D eigenvalue weighted by molar-refractivity contribution is 5.92. The summed E-state index contributed by atoms with van der Waals surface area (Å²) in [6.07, 6.45) is 0.186. The van der Waals surface area contributed by atoms with E-state index in [1.54, 1.807) is 30.2 Å². The average molecular weight is 370 g/mol. The lowest BCUT2D eigenvalue weighted by Crippen LogP contribution is -2.34. The first-order valence-electron chi connectivity index (χ1n) is 8.80. The molecule has 0 heterocycles. The van der Waals surface area contributed by atoms with Crippen molar-refractivity contribution in [1.82, 2.24) is 4.90 Å². The number of hydrogen-bond donors (Lipinski definition) is 1. The molecule has 0 radical (unpaired) electrons. The molecule has 0 bridgehead atoms. The molecule has 144 valence electrons. The van der Waals surface area contributed by atoms with Crippen LogP contribution in [0.3, 0.4) is 0 Å². The molecule has 1 unspecified atom stereocenters. The van der Waals surface area contributed by atoms with Gasteiger partial charge in [0.15, 0.2) is 0 Å². The Morgan fingerprint density at radius 3 is 2.37 bits per heavy atom. The average Bonchev–Trinajstić information content (AvgIpc) is 2.68. The molecule has 0 aliphatic carbocycles. The van der Waals surface area contributed by atoms with Gasteiger partial charge in [-0.1, -0.05) is 30.3 Å². The lowest BCUT2D eigenvalue weighted by Gasteiger charge is -2.28. The van der Waals surface area contributed by atoms with Crippen LogP contribution in [0.2, 0.25) is 0 Å². The maximum Gasteiger partial charge on any atom is 0.226 e. The van der Waals surface area contributed by atoms with Gasteiger partial charge < -0.3 is 19.7 Å². The number of nitrogens with one attached hydrogen (secondary N) is 1.